The summed E-state index contributed by atoms with van der Waals surface area (Å²) in [6.07, 6.45) is 0.968. The van der Waals surface area contributed by atoms with Crippen LogP contribution in [0.4, 0.5) is 5.00 Å². The van der Waals surface area contributed by atoms with Gasteiger partial charge in [-0.05, 0) is 50.1 Å². The Morgan fingerprint density at radius 2 is 2.00 bits per heavy atom. The van der Waals surface area contributed by atoms with Crippen molar-refractivity contribution in [3.8, 4) is 10.6 Å². The van der Waals surface area contributed by atoms with Crippen LogP contribution in [0.1, 0.15) is 34.0 Å². The average Bonchev–Trinajstić information content (AvgIpc) is 3.42. The van der Waals surface area contributed by atoms with Crippen molar-refractivity contribution in [2.24, 2.45) is 0 Å². The predicted octanol–water partition coefficient (Wildman–Crippen LogP) is 6.76. The number of thiazole rings is 1. The molecule has 8 heteroatoms. The van der Waals surface area contributed by atoms with Crippen LogP contribution in [0.2, 0.25) is 4.34 Å². The van der Waals surface area contributed by atoms with Gasteiger partial charge in [0.15, 0.2) is 0 Å². The van der Waals surface area contributed by atoms with E-state index in [0.29, 0.717) is 15.3 Å². The molecule has 4 nitrogen and oxygen atoms in total. The molecule has 0 spiro atoms. The van der Waals surface area contributed by atoms with Gasteiger partial charge in [0, 0.05) is 29.6 Å². The number of anilines is 1. The van der Waals surface area contributed by atoms with E-state index in [9.17, 15) is 4.79 Å². The summed E-state index contributed by atoms with van der Waals surface area (Å²) in [4.78, 5) is 22.2. The molecule has 30 heavy (non-hydrogen) atoms. The first kappa shape index (κ1) is 20.2. The van der Waals surface area contributed by atoms with E-state index in [1.165, 1.54) is 21.8 Å². The standard InChI is InChI=1S/C22H20ClN3OS3/c1-12(2)26-10-9-13-17(11-26)30-22(25-20(27)16-7-8-18(23)28-16)19(13)21-24-14-5-3-4-6-15(14)29-21/h3-8,12H,9-11H2,1-2H3,(H,25,27). The topological polar surface area (TPSA) is 45.2 Å². The highest BCUT2D eigenvalue weighted by molar-refractivity contribution is 7.23. The molecule has 1 N–H and O–H groups in total. The van der Waals surface area contributed by atoms with Crippen molar-refractivity contribution < 1.29 is 4.79 Å². The molecule has 0 fully saturated rings. The van der Waals surface area contributed by atoms with E-state index in [0.717, 1.165) is 45.3 Å². The number of hydrogen-bond donors (Lipinski definition) is 1. The van der Waals surface area contributed by atoms with Gasteiger partial charge in [0.1, 0.15) is 10.0 Å². The maximum Gasteiger partial charge on any atom is 0.266 e. The van der Waals surface area contributed by atoms with Crippen LogP contribution < -0.4 is 5.32 Å². The minimum absolute atomic E-state index is 0.117. The van der Waals surface area contributed by atoms with E-state index in [2.05, 4.69) is 30.1 Å². The van der Waals surface area contributed by atoms with Crippen LogP contribution in [-0.2, 0) is 13.0 Å². The van der Waals surface area contributed by atoms with Crippen LogP contribution >= 0.6 is 45.6 Å². The second-order valence-electron chi connectivity index (χ2n) is 7.57. The van der Waals surface area contributed by atoms with Gasteiger partial charge in [-0.2, -0.15) is 0 Å². The summed E-state index contributed by atoms with van der Waals surface area (Å²) in [5.41, 5.74) is 3.42. The number of halogens is 1. The number of carbonyl (C=O) groups is 1. The number of hydrogen-bond acceptors (Lipinski definition) is 6. The Kier molecular flexibility index (Phi) is 5.41. The van der Waals surface area contributed by atoms with Crippen molar-refractivity contribution >= 4 is 66.7 Å². The number of aromatic nitrogens is 1. The van der Waals surface area contributed by atoms with Crippen LogP contribution in [0, 0.1) is 0 Å². The molecule has 0 atom stereocenters. The molecule has 0 aliphatic carbocycles. The molecule has 0 radical (unpaired) electrons. The average molecular weight is 474 g/mol. The summed E-state index contributed by atoms with van der Waals surface area (Å²) in [7, 11) is 0. The quantitative estimate of drug-likeness (QED) is 0.356. The molecule has 1 amide bonds. The Labute approximate surface area is 192 Å². The van der Waals surface area contributed by atoms with Crippen molar-refractivity contribution in [1.29, 1.82) is 0 Å². The number of para-hydroxylation sites is 1. The maximum absolute atomic E-state index is 12.9. The Bertz CT molecular complexity index is 1210. The summed E-state index contributed by atoms with van der Waals surface area (Å²) in [5.74, 6) is -0.117. The van der Waals surface area contributed by atoms with Gasteiger partial charge in [-0.3, -0.25) is 9.69 Å². The SMILES string of the molecule is CC(C)N1CCc2c(sc(NC(=O)c3ccc(Cl)s3)c2-c2nc3ccccc3s2)C1. The Morgan fingerprint density at radius 1 is 1.17 bits per heavy atom. The maximum atomic E-state index is 12.9. The monoisotopic (exact) mass is 473 g/mol. The van der Waals surface area contributed by atoms with Crippen LogP contribution in [0.3, 0.4) is 0 Å². The highest BCUT2D eigenvalue weighted by Crippen LogP contribution is 2.46. The molecule has 3 aromatic heterocycles. The van der Waals surface area contributed by atoms with E-state index in [-0.39, 0.29) is 5.91 Å². The highest BCUT2D eigenvalue weighted by Gasteiger charge is 2.28. The molecule has 1 aliphatic rings. The normalized spacial score (nSPS) is 14.4. The lowest BCUT2D eigenvalue weighted by Gasteiger charge is -2.30. The Balaban J connectivity index is 1.59. The molecule has 1 aromatic carbocycles. The minimum Gasteiger partial charge on any atom is -0.312 e. The fourth-order valence-electron chi connectivity index (χ4n) is 3.76. The van der Waals surface area contributed by atoms with E-state index < -0.39 is 0 Å². The lowest BCUT2D eigenvalue weighted by Crippen LogP contribution is -2.35. The zero-order valence-electron chi connectivity index (χ0n) is 16.6. The third kappa shape index (κ3) is 3.69. The van der Waals surface area contributed by atoms with Gasteiger partial charge in [-0.1, -0.05) is 23.7 Å². The molecule has 0 saturated heterocycles. The summed E-state index contributed by atoms with van der Waals surface area (Å²) in [5, 5.41) is 5.03. The summed E-state index contributed by atoms with van der Waals surface area (Å²) < 4.78 is 1.78. The smallest absolute Gasteiger partial charge is 0.266 e. The molecule has 4 aromatic rings. The fraction of sp³-hybridized carbons (Fsp3) is 0.273. The first-order valence-corrected chi connectivity index (χ1v) is 12.6. The van der Waals surface area contributed by atoms with Crippen molar-refractivity contribution in [1.82, 2.24) is 9.88 Å². The second kappa shape index (κ2) is 8.05. The van der Waals surface area contributed by atoms with Crippen molar-refractivity contribution in [2.75, 3.05) is 11.9 Å². The first-order valence-electron chi connectivity index (χ1n) is 9.81. The van der Waals surface area contributed by atoms with Crippen LogP contribution in [0.5, 0.6) is 0 Å². The number of amides is 1. The lowest BCUT2D eigenvalue weighted by atomic mass is 10.0. The summed E-state index contributed by atoms with van der Waals surface area (Å²) >= 11 is 10.7. The Hall–Kier alpha value is -1.77. The van der Waals surface area contributed by atoms with Gasteiger partial charge in [-0.15, -0.1) is 34.0 Å². The predicted molar refractivity (Wildman–Crippen MR) is 129 cm³/mol. The fourth-order valence-corrected chi connectivity index (χ4v) is 7.08. The first-order chi connectivity index (χ1) is 14.5. The zero-order chi connectivity index (χ0) is 20.8. The second-order valence-corrected chi connectivity index (χ2v) is 11.4. The molecule has 5 rings (SSSR count). The van der Waals surface area contributed by atoms with Crippen molar-refractivity contribution in [3.63, 3.8) is 0 Å². The summed E-state index contributed by atoms with van der Waals surface area (Å²) in [6, 6.07) is 12.2. The Morgan fingerprint density at radius 3 is 2.73 bits per heavy atom. The number of carbonyl (C=O) groups excluding carboxylic acids is 1. The number of benzene rings is 1. The van der Waals surface area contributed by atoms with E-state index in [4.69, 9.17) is 16.6 Å². The minimum atomic E-state index is -0.117. The van der Waals surface area contributed by atoms with Gasteiger partial charge >= 0.3 is 0 Å². The zero-order valence-corrected chi connectivity index (χ0v) is 19.8. The van der Waals surface area contributed by atoms with Gasteiger partial charge in [0.2, 0.25) is 0 Å². The number of nitrogens with one attached hydrogen (secondary N) is 1. The van der Waals surface area contributed by atoms with Crippen molar-refractivity contribution in [2.45, 2.75) is 32.9 Å². The van der Waals surface area contributed by atoms with E-state index in [1.54, 1.807) is 34.8 Å². The molecular weight excluding hydrogens is 454 g/mol. The lowest BCUT2D eigenvalue weighted by molar-refractivity contribution is 0.103. The van der Waals surface area contributed by atoms with Crippen molar-refractivity contribution in [3.05, 3.63) is 56.1 Å². The summed E-state index contributed by atoms with van der Waals surface area (Å²) in [6.45, 7) is 6.40. The van der Waals surface area contributed by atoms with Crippen LogP contribution in [0.25, 0.3) is 20.8 Å². The third-order valence-electron chi connectivity index (χ3n) is 5.35. The van der Waals surface area contributed by atoms with Crippen LogP contribution in [0.15, 0.2) is 36.4 Å². The van der Waals surface area contributed by atoms with Gasteiger partial charge < -0.3 is 5.32 Å². The largest absolute Gasteiger partial charge is 0.312 e. The number of fused-ring (bicyclic) bond motifs is 2. The molecule has 0 saturated carbocycles. The number of rotatable bonds is 4. The van der Waals surface area contributed by atoms with Gasteiger partial charge in [0.05, 0.1) is 19.4 Å². The number of thiophene rings is 2. The molecule has 4 heterocycles. The van der Waals surface area contributed by atoms with Gasteiger partial charge in [-0.25, -0.2) is 4.98 Å². The number of nitrogens with zero attached hydrogens (tertiary/aromatic N) is 2. The highest BCUT2D eigenvalue weighted by atomic mass is 35.5. The van der Waals surface area contributed by atoms with E-state index in [1.807, 2.05) is 18.2 Å². The molecule has 0 unspecified atom stereocenters. The molecule has 0 bridgehead atoms. The van der Waals surface area contributed by atoms with Gasteiger partial charge in [0.25, 0.3) is 5.91 Å². The molecule has 154 valence electrons. The third-order valence-corrected chi connectivity index (χ3v) is 8.76. The van der Waals surface area contributed by atoms with Crippen LogP contribution in [-0.4, -0.2) is 28.4 Å². The van der Waals surface area contributed by atoms with E-state index >= 15 is 0 Å². The molecule has 1 aliphatic heterocycles. The molecular formula is C22H20ClN3OS3.